The lowest BCUT2D eigenvalue weighted by Crippen LogP contribution is -2.27. The van der Waals surface area contributed by atoms with Crippen molar-refractivity contribution < 1.29 is 14.3 Å². The smallest absolute Gasteiger partial charge is 0.270 e. The van der Waals surface area contributed by atoms with E-state index in [9.17, 15) is 4.79 Å². The Morgan fingerprint density at radius 2 is 1.89 bits per heavy atom. The van der Waals surface area contributed by atoms with Crippen molar-refractivity contribution in [2.75, 3.05) is 46.7 Å². The SMILES string of the molecule is COc1ccc(CNc2cc(C(=O)NCCCN(C)C)ncn2)cc1OC. The Balaban J connectivity index is 1.92. The van der Waals surface area contributed by atoms with Crippen LogP contribution in [0.2, 0.25) is 0 Å². The minimum Gasteiger partial charge on any atom is -0.493 e. The third-order valence-electron chi connectivity index (χ3n) is 3.89. The summed E-state index contributed by atoms with van der Waals surface area (Å²) in [7, 11) is 7.21. The van der Waals surface area contributed by atoms with Gasteiger partial charge in [-0.3, -0.25) is 4.79 Å². The van der Waals surface area contributed by atoms with Crippen LogP contribution in [0.1, 0.15) is 22.5 Å². The molecule has 146 valence electrons. The van der Waals surface area contributed by atoms with Gasteiger partial charge >= 0.3 is 0 Å². The summed E-state index contributed by atoms with van der Waals surface area (Å²) >= 11 is 0. The molecule has 0 atom stereocenters. The molecule has 1 amide bonds. The van der Waals surface area contributed by atoms with Crippen LogP contribution in [-0.4, -0.2) is 62.2 Å². The van der Waals surface area contributed by atoms with Gasteiger partial charge in [-0.25, -0.2) is 9.97 Å². The van der Waals surface area contributed by atoms with Gasteiger partial charge in [-0.2, -0.15) is 0 Å². The van der Waals surface area contributed by atoms with Crippen LogP contribution in [0, 0.1) is 0 Å². The number of ether oxygens (including phenoxy) is 2. The minimum absolute atomic E-state index is 0.203. The van der Waals surface area contributed by atoms with Crippen LogP contribution < -0.4 is 20.1 Å². The third kappa shape index (κ3) is 6.41. The van der Waals surface area contributed by atoms with E-state index in [2.05, 4.69) is 25.5 Å². The van der Waals surface area contributed by atoms with E-state index < -0.39 is 0 Å². The number of rotatable bonds is 10. The maximum atomic E-state index is 12.2. The molecule has 0 saturated heterocycles. The van der Waals surface area contributed by atoms with Gasteiger partial charge in [0.1, 0.15) is 17.8 Å². The number of benzene rings is 1. The van der Waals surface area contributed by atoms with Crippen molar-refractivity contribution in [2.45, 2.75) is 13.0 Å². The van der Waals surface area contributed by atoms with E-state index in [1.54, 1.807) is 20.3 Å². The summed E-state index contributed by atoms with van der Waals surface area (Å²) in [5, 5.41) is 6.06. The summed E-state index contributed by atoms with van der Waals surface area (Å²) in [5.74, 6) is 1.72. The van der Waals surface area contributed by atoms with Gasteiger partial charge in [-0.1, -0.05) is 6.07 Å². The van der Waals surface area contributed by atoms with Crippen molar-refractivity contribution in [1.29, 1.82) is 0 Å². The number of anilines is 1. The first-order valence-corrected chi connectivity index (χ1v) is 8.73. The second-order valence-electron chi connectivity index (χ2n) is 6.24. The number of carbonyl (C=O) groups excluding carboxylic acids is 1. The molecule has 8 heteroatoms. The van der Waals surface area contributed by atoms with Crippen LogP contribution in [0.15, 0.2) is 30.6 Å². The number of nitrogens with one attached hydrogen (secondary N) is 2. The van der Waals surface area contributed by atoms with Gasteiger partial charge < -0.3 is 25.0 Å². The van der Waals surface area contributed by atoms with E-state index >= 15 is 0 Å². The Labute approximate surface area is 159 Å². The van der Waals surface area contributed by atoms with Crippen LogP contribution in [0.25, 0.3) is 0 Å². The molecule has 0 bridgehead atoms. The second kappa shape index (κ2) is 10.3. The number of methoxy groups -OCH3 is 2. The highest BCUT2D eigenvalue weighted by Gasteiger charge is 2.09. The first-order chi connectivity index (χ1) is 13.0. The highest BCUT2D eigenvalue weighted by atomic mass is 16.5. The minimum atomic E-state index is -0.203. The molecule has 1 aromatic carbocycles. The Hall–Kier alpha value is -2.87. The predicted octanol–water partition coefficient (Wildman–Crippen LogP) is 1.79. The van der Waals surface area contributed by atoms with Crippen LogP contribution in [0.3, 0.4) is 0 Å². The zero-order valence-electron chi connectivity index (χ0n) is 16.3. The molecule has 0 aliphatic heterocycles. The number of amides is 1. The molecule has 0 aliphatic rings. The molecule has 0 saturated carbocycles. The fourth-order valence-corrected chi connectivity index (χ4v) is 2.45. The largest absolute Gasteiger partial charge is 0.493 e. The number of nitrogens with zero attached hydrogens (tertiary/aromatic N) is 3. The monoisotopic (exact) mass is 373 g/mol. The Morgan fingerprint density at radius 3 is 2.59 bits per heavy atom. The van der Waals surface area contributed by atoms with Crippen molar-refractivity contribution in [3.05, 3.63) is 41.9 Å². The van der Waals surface area contributed by atoms with Gasteiger partial charge in [0, 0.05) is 19.2 Å². The number of hydrogen-bond donors (Lipinski definition) is 2. The molecule has 2 N–H and O–H groups in total. The molecular formula is C19H27N5O3. The summed E-state index contributed by atoms with van der Waals surface area (Å²) in [5.41, 5.74) is 1.34. The normalized spacial score (nSPS) is 10.6. The number of carbonyl (C=O) groups is 1. The van der Waals surface area contributed by atoms with Gasteiger partial charge in [0.25, 0.3) is 5.91 Å². The zero-order valence-corrected chi connectivity index (χ0v) is 16.3. The fraction of sp³-hybridized carbons (Fsp3) is 0.421. The molecule has 1 heterocycles. The van der Waals surface area contributed by atoms with Crippen molar-refractivity contribution in [3.8, 4) is 11.5 Å². The summed E-state index contributed by atoms with van der Waals surface area (Å²) < 4.78 is 10.5. The molecule has 0 aliphatic carbocycles. The van der Waals surface area contributed by atoms with Gasteiger partial charge in [0.05, 0.1) is 14.2 Å². The number of hydrogen-bond acceptors (Lipinski definition) is 7. The van der Waals surface area contributed by atoms with Crippen LogP contribution >= 0.6 is 0 Å². The van der Waals surface area contributed by atoms with E-state index in [0.29, 0.717) is 36.1 Å². The van der Waals surface area contributed by atoms with Crippen molar-refractivity contribution >= 4 is 11.7 Å². The molecule has 2 rings (SSSR count). The average Bonchev–Trinajstić information content (AvgIpc) is 2.69. The average molecular weight is 373 g/mol. The molecule has 27 heavy (non-hydrogen) atoms. The van der Waals surface area contributed by atoms with Gasteiger partial charge in [-0.05, 0) is 44.8 Å². The highest BCUT2D eigenvalue weighted by molar-refractivity contribution is 5.92. The molecule has 2 aromatic rings. The van der Waals surface area contributed by atoms with E-state index in [-0.39, 0.29) is 5.91 Å². The third-order valence-corrected chi connectivity index (χ3v) is 3.89. The van der Waals surface area contributed by atoms with Gasteiger partial charge in [0.2, 0.25) is 0 Å². The molecule has 0 fully saturated rings. The van der Waals surface area contributed by atoms with E-state index in [0.717, 1.165) is 18.5 Å². The highest BCUT2D eigenvalue weighted by Crippen LogP contribution is 2.27. The first-order valence-electron chi connectivity index (χ1n) is 8.73. The van der Waals surface area contributed by atoms with Crippen molar-refractivity contribution in [3.63, 3.8) is 0 Å². The molecule has 0 spiro atoms. The summed E-state index contributed by atoms with van der Waals surface area (Å²) in [4.78, 5) is 22.5. The first kappa shape index (κ1) is 20.4. The maximum absolute atomic E-state index is 12.2. The maximum Gasteiger partial charge on any atom is 0.270 e. The predicted molar refractivity (Wildman–Crippen MR) is 104 cm³/mol. The Bertz CT molecular complexity index is 752. The molecule has 8 nitrogen and oxygen atoms in total. The van der Waals surface area contributed by atoms with E-state index in [4.69, 9.17) is 9.47 Å². The van der Waals surface area contributed by atoms with Crippen molar-refractivity contribution in [1.82, 2.24) is 20.2 Å². The fourth-order valence-electron chi connectivity index (χ4n) is 2.45. The van der Waals surface area contributed by atoms with Crippen LogP contribution in [0.4, 0.5) is 5.82 Å². The molecular weight excluding hydrogens is 346 g/mol. The van der Waals surface area contributed by atoms with E-state index in [1.165, 1.54) is 6.33 Å². The molecule has 0 unspecified atom stereocenters. The van der Waals surface area contributed by atoms with E-state index in [1.807, 2.05) is 32.3 Å². The molecule has 1 aromatic heterocycles. The zero-order chi connectivity index (χ0) is 19.6. The quantitative estimate of drug-likeness (QED) is 0.614. The van der Waals surface area contributed by atoms with Gasteiger partial charge in [-0.15, -0.1) is 0 Å². The lowest BCUT2D eigenvalue weighted by atomic mass is 10.2. The van der Waals surface area contributed by atoms with Crippen LogP contribution in [-0.2, 0) is 6.54 Å². The standard InChI is InChI=1S/C19H27N5O3/c1-24(2)9-5-8-20-19(25)15-11-18(23-13-22-15)21-12-14-6-7-16(26-3)17(10-14)27-4/h6-7,10-11,13H,5,8-9,12H2,1-4H3,(H,20,25)(H,21,22,23). The molecule has 0 radical (unpaired) electrons. The Kier molecular flexibility index (Phi) is 7.81. The summed E-state index contributed by atoms with van der Waals surface area (Å²) in [6.07, 6.45) is 2.26. The topological polar surface area (TPSA) is 88.6 Å². The lowest BCUT2D eigenvalue weighted by Gasteiger charge is -2.11. The van der Waals surface area contributed by atoms with Gasteiger partial charge in [0.15, 0.2) is 11.5 Å². The van der Waals surface area contributed by atoms with Crippen LogP contribution in [0.5, 0.6) is 11.5 Å². The summed E-state index contributed by atoms with van der Waals surface area (Å²) in [6, 6.07) is 7.32. The second-order valence-corrected chi connectivity index (χ2v) is 6.24. The number of aromatic nitrogens is 2. The Morgan fingerprint density at radius 1 is 1.11 bits per heavy atom. The van der Waals surface area contributed by atoms with Crippen molar-refractivity contribution in [2.24, 2.45) is 0 Å². The summed E-state index contributed by atoms with van der Waals surface area (Å²) in [6.45, 7) is 2.05. The lowest BCUT2D eigenvalue weighted by molar-refractivity contribution is 0.0947.